The molecule has 1 rings (SSSR count). The van der Waals surface area contributed by atoms with Gasteiger partial charge in [-0.1, -0.05) is 39.0 Å². The first-order chi connectivity index (χ1) is 8.61. The fourth-order valence-corrected chi connectivity index (χ4v) is 3.51. The Kier molecular flexibility index (Phi) is 7.96. The van der Waals surface area contributed by atoms with Gasteiger partial charge in [-0.2, -0.15) is 0 Å². The molecule has 110 valence electrons. The summed E-state index contributed by atoms with van der Waals surface area (Å²) < 4.78 is 1.18. The molecule has 0 unspecified atom stereocenters. The lowest BCUT2D eigenvalue weighted by molar-refractivity contribution is 0.270. The van der Waals surface area contributed by atoms with Crippen molar-refractivity contribution in [3.05, 3.63) is 29.3 Å². The number of rotatable bonds is 7. The van der Waals surface area contributed by atoms with E-state index in [4.69, 9.17) is 0 Å². The molecule has 0 aliphatic heterocycles. The topological polar surface area (TPSA) is 30.0 Å². The lowest BCUT2D eigenvalue weighted by atomic mass is 10.0. The molecule has 2 nitrogen and oxygen atoms in total. The monoisotopic (exact) mass is 265 g/mol. The predicted molar refractivity (Wildman–Crippen MR) is 85.1 cm³/mol. The third-order valence-corrected chi connectivity index (χ3v) is 3.87. The molecule has 0 saturated heterocycles. The molecule has 19 heavy (non-hydrogen) atoms. The molecule has 0 atom stereocenters. The summed E-state index contributed by atoms with van der Waals surface area (Å²) in [6.07, 6.45) is 3.77. The summed E-state index contributed by atoms with van der Waals surface area (Å²) in [5.74, 6) is 0. The average molecular weight is 265 g/mol. The van der Waals surface area contributed by atoms with Gasteiger partial charge in [0.1, 0.15) is 5.69 Å². The Morgan fingerprint density at radius 2 is 1.16 bits per heavy atom. The van der Waals surface area contributed by atoms with E-state index in [9.17, 15) is 0 Å². The number of quaternary nitrogens is 1. The zero-order valence-electron chi connectivity index (χ0n) is 13.4. The highest BCUT2D eigenvalue weighted by atomic mass is 16.0. The molecule has 0 amide bonds. The molecule has 1 N–H and O–H groups in total. The van der Waals surface area contributed by atoms with Crippen LogP contribution in [0.5, 0.6) is 0 Å². The summed E-state index contributed by atoms with van der Waals surface area (Å²) in [5.41, 5.74) is 4.51. The Bertz CT molecular complexity index is 336. The molecule has 0 radical (unpaired) electrons. The second-order valence-corrected chi connectivity index (χ2v) is 5.56. The number of benzene rings is 1. The SMILES string of the molecule is CCC[N+](CCC)(CCC)c1c(C)cccc1C.[OH-]. The van der Waals surface area contributed by atoms with E-state index < -0.39 is 0 Å². The lowest BCUT2D eigenvalue weighted by Crippen LogP contribution is -2.51. The maximum Gasteiger partial charge on any atom is 0.138 e. The van der Waals surface area contributed by atoms with Gasteiger partial charge in [0.2, 0.25) is 0 Å². The summed E-state index contributed by atoms with van der Waals surface area (Å²) in [4.78, 5) is 0. The molecule has 0 spiro atoms. The Hall–Kier alpha value is -0.860. The molecule has 0 saturated carbocycles. The van der Waals surface area contributed by atoms with Crippen LogP contribution in [0.3, 0.4) is 0 Å². The number of nitrogens with zero attached hydrogens (tertiary/aromatic N) is 1. The van der Waals surface area contributed by atoms with E-state index in [0.717, 1.165) is 0 Å². The first-order valence-corrected chi connectivity index (χ1v) is 7.54. The van der Waals surface area contributed by atoms with Crippen molar-refractivity contribution in [1.29, 1.82) is 0 Å². The fraction of sp³-hybridized carbons (Fsp3) is 0.647. The van der Waals surface area contributed by atoms with Crippen molar-refractivity contribution in [1.82, 2.24) is 4.48 Å². The maximum absolute atomic E-state index is 2.31. The second kappa shape index (κ2) is 8.34. The van der Waals surface area contributed by atoms with Crippen LogP contribution in [0.25, 0.3) is 0 Å². The first kappa shape index (κ1) is 18.1. The van der Waals surface area contributed by atoms with Crippen molar-refractivity contribution < 1.29 is 5.48 Å². The molecule has 0 aromatic heterocycles. The Morgan fingerprint density at radius 1 is 0.789 bits per heavy atom. The van der Waals surface area contributed by atoms with Gasteiger partial charge in [-0.25, -0.2) is 0 Å². The van der Waals surface area contributed by atoms with Crippen molar-refractivity contribution in [3.63, 3.8) is 0 Å². The molecule has 0 aliphatic rings. The number of aryl methyl sites for hydroxylation is 2. The molecule has 1 aromatic rings. The smallest absolute Gasteiger partial charge is 0.138 e. The van der Waals surface area contributed by atoms with Crippen LogP contribution in [-0.2, 0) is 0 Å². The molecular weight excluding hydrogens is 234 g/mol. The van der Waals surface area contributed by atoms with E-state index in [-0.39, 0.29) is 5.48 Å². The van der Waals surface area contributed by atoms with E-state index >= 15 is 0 Å². The molecule has 0 fully saturated rings. The second-order valence-electron chi connectivity index (χ2n) is 5.56. The Labute approximate surface area is 119 Å². The molecule has 1 aromatic carbocycles. The Balaban J connectivity index is 0.00000324. The zero-order valence-corrected chi connectivity index (χ0v) is 13.4. The first-order valence-electron chi connectivity index (χ1n) is 7.54. The number of para-hydroxylation sites is 1. The molecular formula is C17H31NO. The standard InChI is InChI=1S/C17H30N.H2O/c1-6-12-18(13-7-2,14-8-3)17-15(4)10-9-11-16(17)5;/h9-11H,6-8,12-14H2,1-5H3;1H2/q+1;/p-1. The highest BCUT2D eigenvalue weighted by Gasteiger charge is 2.30. The van der Waals surface area contributed by atoms with E-state index in [1.165, 1.54) is 54.5 Å². The van der Waals surface area contributed by atoms with Crippen molar-refractivity contribution in [2.24, 2.45) is 0 Å². The van der Waals surface area contributed by atoms with E-state index in [1.807, 2.05) is 0 Å². The van der Waals surface area contributed by atoms with Crippen LogP contribution in [0.1, 0.15) is 51.2 Å². The van der Waals surface area contributed by atoms with Crippen molar-refractivity contribution in [2.45, 2.75) is 53.9 Å². The molecule has 0 bridgehead atoms. The predicted octanol–water partition coefficient (Wildman–Crippen LogP) is 4.66. The van der Waals surface area contributed by atoms with Gasteiger partial charge < -0.3 is 5.48 Å². The van der Waals surface area contributed by atoms with Gasteiger partial charge in [-0.3, -0.25) is 4.48 Å². The van der Waals surface area contributed by atoms with Crippen molar-refractivity contribution >= 4 is 5.69 Å². The van der Waals surface area contributed by atoms with E-state index in [1.54, 1.807) is 5.69 Å². The highest BCUT2D eigenvalue weighted by Crippen LogP contribution is 2.32. The third-order valence-electron chi connectivity index (χ3n) is 3.87. The lowest BCUT2D eigenvalue weighted by Gasteiger charge is -2.40. The quantitative estimate of drug-likeness (QED) is 0.659. The van der Waals surface area contributed by atoms with Gasteiger partial charge in [-0.15, -0.1) is 0 Å². The highest BCUT2D eigenvalue weighted by molar-refractivity contribution is 5.56. The summed E-state index contributed by atoms with van der Waals surface area (Å²) in [6, 6.07) is 6.74. The van der Waals surface area contributed by atoms with Crippen LogP contribution >= 0.6 is 0 Å². The van der Waals surface area contributed by atoms with Crippen LogP contribution in [0.2, 0.25) is 0 Å². The van der Waals surface area contributed by atoms with Crippen LogP contribution in [0, 0.1) is 13.8 Å². The van der Waals surface area contributed by atoms with Crippen LogP contribution < -0.4 is 4.48 Å². The van der Waals surface area contributed by atoms with Crippen molar-refractivity contribution in [2.75, 3.05) is 19.6 Å². The number of hydrogen-bond acceptors (Lipinski definition) is 1. The Morgan fingerprint density at radius 3 is 1.47 bits per heavy atom. The average Bonchev–Trinajstić information content (AvgIpc) is 2.29. The van der Waals surface area contributed by atoms with Gasteiger partial charge >= 0.3 is 0 Å². The number of hydrogen-bond donors (Lipinski definition) is 0. The molecule has 2 heteroatoms. The minimum atomic E-state index is 0. The largest absolute Gasteiger partial charge is 0.870 e. The van der Waals surface area contributed by atoms with Crippen LogP contribution in [0.15, 0.2) is 18.2 Å². The molecule has 0 aliphatic carbocycles. The van der Waals surface area contributed by atoms with E-state index in [2.05, 4.69) is 52.8 Å². The van der Waals surface area contributed by atoms with Crippen molar-refractivity contribution in [3.8, 4) is 0 Å². The van der Waals surface area contributed by atoms with Gasteiger partial charge in [0.25, 0.3) is 0 Å². The summed E-state index contributed by atoms with van der Waals surface area (Å²) >= 11 is 0. The van der Waals surface area contributed by atoms with Crippen LogP contribution in [0.4, 0.5) is 5.69 Å². The van der Waals surface area contributed by atoms with Crippen LogP contribution in [-0.4, -0.2) is 25.1 Å². The van der Waals surface area contributed by atoms with Gasteiger partial charge in [0.15, 0.2) is 0 Å². The summed E-state index contributed by atoms with van der Waals surface area (Å²) in [6.45, 7) is 15.3. The van der Waals surface area contributed by atoms with Gasteiger partial charge in [0, 0.05) is 11.1 Å². The minimum absolute atomic E-state index is 0. The summed E-state index contributed by atoms with van der Waals surface area (Å²) in [7, 11) is 0. The third kappa shape index (κ3) is 4.05. The normalized spacial score (nSPS) is 11.2. The van der Waals surface area contributed by atoms with Gasteiger partial charge in [-0.05, 0) is 33.1 Å². The fourth-order valence-electron chi connectivity index (χ4n) is 3.51. The van der Waals surface area contributed by atoms with E-state index in [0.29, 0.717) is 0 Å². The molecule has 0 heterocycles. The minimum Gasteiger partial charge on any atom is -0.870 e. The van der Waals surface area contributed by atoms with Gasteiger partial charge in [0.05, 0.1) is 19.6 Å². The maximum atomic E-state index is 2.31. The summed E-state index contributed by atoms with van der Waals surface area (Å²) in [5, 5.41) is 0. The zero-order chi connectivity index (χ0) is 13.6.